The normalized spacial score (nSPS) is 15.3. The van der Waals surface area contributed by atoms with E-state index in [1.165, 1.54) is 111 Å². The smallest absolute Gasteiger partial charge is 0.207 e. The highest BCUT2D eigenvalue weighted by Gasteiger charge is 2.23. The number of methoxy groups -OCH3 is 2. The lowest BCUT2D eigenvalue weighted by Gasteiger charge is -2.19. The van der Waals surface area contributed by atoms with Crippen LogP contribution < -0.4 is 9.47 Å². The summed E-state index contributed by atoms with van der Waals surface area (Å²) in [5.41, 5.74) is 1.43. The molecule has 0 heterocycles. The molecule has 0 bridgehead atoms. The van der Waals surface area contributed by atoms with Crippen LogP contribution in [0.1, 0.15) is 162 Å². The minimum absolute atomic E-state index is 0.0563. The van der Waals surface area contributed by atoms with Crippen molar-refractivity contribution in [3.63, 3.8) is 0 Å². The number of benzene rings is 1. The van der Waals surface area contributed by atoms with E-state index in [9.17, 15) is 10.2 Å². The molecule has 1 aromatic rings. The third kappa shape index (κ3) is 15.8. The van der Waals surface area contributed by atoms with Crippen molar-refractivity contribution in [2.24, 2.45) is 35.5 Å². The fourth-order valence-corrected chi connectivity index (χ4v) is 6.77. The Morgan fingerprint density at radius 3 is 1.09 bits per heavy atom. The lowest BCUT2D eigenvalue weighted by molar-refractivity contribution is 0.313. The van der Waals surface area contributed by atoms with Crippen molar-refractivity contribution in [3.05, 3.63) is 11.1 Å². The summed E-state index contributed by atoms with van der Waals surface area (Å²) >= 11 is 0. The molecular weight excluding hydrogens is 532 g/mol. The van der Waals surface area contributed by atoms with Gasteiger partial charge < -0.3 is 19.7 Å². The first kappa shape index (κ1) is 39.4. The Bertz CT molecular complexity index is 864. The highest BCUT2D eigenvalue weighted by atomic mass is 16.5. The third-order valence-corrected chi connectivity index (χ3v) is 10.1. The van der Waals surface area contributed by atoms with E-state index in [2.05, 4.69) is 48.5 Å². The van der Waals surface area contributed by atoms with Crippen LogP contribution in [0.4, 0.5) is 0 Å². The zero-order valence-electron chi connectivity index (χ0n) is 30.2. The Morgan fingerprint density at radius 1 is 0.465 bits per heavy atom. The van der Waals surface area contributed by atoms with Crippen LogP contribution in [0.3, 0.4) is 0 Å². The summed E-state index contributed by atoms with van der Waals surface area (Å²) in [6.45, 7) is 18.6. The van der Waals surface area contributed by atoms with E-state index >= 15 is 0 Å². The molecule has 0 aliphatic heterocycles. The van der Waals surface area contributed by atoms with Crippen molar-refractivity contribution in [1.82, 2.24) is 0 Å². The van der Waals surface area contributed by atoms with E-state index < -0.39 is 0 Å². The fraction of sp³-hybridized carbons (Fsp3) is 0.846. The van der Waals surface area contributed by atoms with E-state index in [0.29, 0.717) is 11.5 Å². The van der Waals surface area contributed by atoms with Crippen LogP contribution in [0.25, 0.3) is 0 Å². The number of aromatic hydroxyl groups is 2. The number of phenolic OH excluding ortho intramolecular Hbond substituents is 2. The monoisotopic (exact) mass is 605 g/mol. The molecule has 0 fully saturated rings. The molecule has 2 N–H and O–H groups in total. The molecule has 0 radical (unpaired) electrons. The molecule has 0 saturated carbocycles. The second-order valence-corrected chi connectivity index (χ2v) is 15.0. The maximum atomic E-state index is 10.7. The van der Waals surface area contributed by atoms with Crippen molar-refractivity contribution < 1.29 is 19.7 Å². The van der Waals surface area contributed by atoms with Gasteiger partial charge in [0, 0.05) is 11.1 Å². The average Bonchev–Trinajstić information content (AvgIpc) is 2.94. The van der Waals surface area contributed by atoms with Gasteiger partial charge in [0.15, 0.2) is 11.5 Å². The molecule has 0 aliphatic carbocycles. The quantitative estimate of drug-likeness (QED) is 0.109. The average molecular weight is 605 g/mol. The largest absolute Gasteiger partial charge is 0.504 e. The van der Waals surface area contributed by atoms with Gasteiger partial charge in [0.25, 0.3) is 0 Å². The van der Waals surface area contributed by atoms with Crippen LogP contribution in [0.15, 0.2) is 0 Å². The number of ether oxygens (including phenoxy) is 2. The molecule has 4 heteroatoms. The van der Waals surface area contributed by atoms with Gasteiger partial charge >= 0.3 is 0 Å². The second-order valence-electron chi connectivity index (χ2n) is 15.0. The van der Waals surface area contributed by atoms with Gasteiger partial charge in [-0.2, -0.15) is 0 Å². The van der Waals surface area contributed by atoms with E-state index in [1.807, 2.05) is 6.92 Å². The van der Waals surface area contributed by atoms with Crippen LogP contribution in [-0.2, 0) is 6.42 Å². The van der Waals surface area contributed by atoms with Crippen LogP contribution in [-0.4, -0.2) is 24.4 Å². The SMILES string of the molecule is COc1c(O)c(C)c(CCC(C)CCCC(C)CCCC(C)CCCC(C)CCCC(C)CCCC(C)C)c(O)c1OC. The standard InChI is InChI=1S/C39H72O4/c1-28(2)16-11-17-29(3)18-12-19-30(4)20-13-21-31(5)22-14-23-32(6)24-15-25-33(7)26-27-35-34(8)36(40)38(42-9)39(43-10)37(35)41/h28-33,40-41H,11-27H2,1-10H3. The van der Waals surface area contributed by atoms with Crippen LogP contribution >= 0.6 is 0 Å². The molecular formula is C39H72O4. The first-order valence-corrected chi connectivity index (χ1v) is 18.1. The summed E-state index contributed by atoms with van der Waals surface area (Å²) in [6, 6.07) is 0. The Hall–Kier alpha value is -1.58. The predicted molar refractivity (Wildman–Crippen MR) is 186 cm³/mol. The summed E-state index contributed by atoms with van der Waals surface area (Å²) in [5.74, 6) is 5.43. The van der Waals surface area contributed by atoms with Crippen molar-refractivity contribution in [3.8, 4) is 23.0 Å². The van der Waals surface area contributed by atoms with E-state index in [0.717, 1.165) is 48.0 Å². The molecule has 252 valence electrons. The first-order chi connectivity index (χ1) is 20.4. The molecule has 0 saturated heterocycles. The fourth-order valence-electron chi connectivity index (χ4n) is 6.77. The molecule has 5 atom stereocenters. The van der Waals surface area contributed by atoms with Crippen LogP contribution in [0, 0.1) is 42.4 Å². The van der Waals surface area contributed by atoms with Gasteiger partial charge in [-0.25, -0.2) is 0 Å². The van der Waals surface area contributed by atoms with Gasteiger partial charge in [0.1, 0.15) is 0 Å². The molecule has 0 aromatic heterocycles. The molecule has 43 heavy (non-hydrogen) atoms. The Balaban J connectivity index is 2.17. The molecule has 1 rings (SSSR count). The van der Waals surface area contributed by atoms with Crippen molar-refractivity contribution in [2.45, 2.75) is 165 Å². The van der Waals surface area contributed by atoms with Gasteiger partial charge in [-0.15, -0.1) is 0 Å². The summed E-state index contributed by atoms with van der Waals surface area (Å²) in [4.78, 5) is 0. The van der Waals surface area contributed by atoms with Gasteiger partial charge in [0.2, 0.25) is 11.5 Å². The molecule has 0 aliphatic rings. The second kappa shape index (κ2) is 22.0. The van der Waals surface area contributed by atoms with Crippen molar-refractivity contribution >= 4 is 0 Å². The number of hydrogen-bond acceptors (Lipinski definition) is 4. The number of phenols is 2. The molecule has 5 unspecified atom stereocenters. The van der Waals surface area contributed by atoms with Crippen LogP contribution in [0.2, 0.25) is 0 Å². The van der Waals surface area contributed by atoms with Gasteiger partial charge in [-0.3, -0.25) is 0 Å². The summed E-state index contributed by atoms with van der Waals surface area (Å²) in [5, 5.41) is 21.2. The molecule has 0 spiro atoms. The van der Waals surface area contributed by atoms with Gasteiger partial charge in [0.05, 0.1) is 14.2 Å². The van der Waals surface area contributed by atoms with Gasteiger partial charge in [-0.05, 0) is 55.3 Å². The lowest BCUT2D eigenvalue weighted by atomic mass is 9.89. The number of rotatable bonds is 25. The van der Waals surface area contributed by atoms with Crippen LogP contribution in [0.5, 0.6) is 23.0 Å². The maximum absolute atomic E-state index is 10.7. The highest BCUT2D eigenvalue weighted by molar-refractivity contribution is 5.65. The Kier molecular flexibility index (Phi) is 20.2. The Morgan fingerprint density at radius 2 is 0.767 bits per heavy atom. The predicted octanol–water partition coefficient (Wildman–Crippen LogP) is 12.0. The summed E-state index contributed by atoms with van der Waals surface area (Å²) < 4.78 is 10.6. The molecule has 4 nitrogen and oxygen atoms in total. The maximum Gasteiger partial charge on any atom is 0.207 e. The number of hydrogen-bond donors (Lipinski definition) is 2. The third-order valence-electron chi connectivity index (χ3n) is 10.1. The van der Waals surface area contributed by atoms with Gasteiger partial charge in [-0.1, -0.05) is 145 Å². The molecule has 0 amide bonds. The highest BCUT2D eigenvalue weighted by Crippen LogP contribution is 2.48. The zero-order valence-corrected chi connectivity index (χ0v) is 30.2. The summed E-state index contributed by atoms with van der Waals surface area (Å²) in [7, 11) is 2.96. The zero-order chi connectivity index (χ0) is 32.4. The molecule has 1 aromatic carbocycles. The first-order valence-electron chi connectivity index (χ1n) is 18.1. The minimum atomic E-state index is 0.0563. The van der Waals surface area contributed by atoms with Crippen molar-refractivity contribution in [2.75, 3.05) is 14.2 Å². The van der Waals surface area contributed by atoms with E-state index in [4.69, 9.17) is 9.47 Å². The minimum Gasteiger partial charge on any atom is -0.504 e. The Labute approximate surface area is 267 Å². The summed E-state index contributed by atoms with van der Waals surface area (Å²) in [6.07, 6.45) is 22.2. The van der Waals surface area contributed by atoms with E-state index in [-0.39, 0.29) is 23.0 Å². The van der Waals surface area contributed by atoms with E-state index in [1.54, 1.807) is 0 Å². The lowest BCUT2D eigenvalue weighted by Crippen LogP contribution is -2.04. The topological polar surface area (TPSA) is 58.9 Å². The van der Waals surface area contributed by atoms with Crippen molar-refractivity contribution in [1.29, 1.82) is 0 Å².